The summed E-state index contributed by atoms with van der Waals surface area (Å²) in [6.07, 6.45) is 4.53. The summed E-state index contributed by atoms with van der Waals surface area (Å²) in [6, 6.07) is 0. The first kappa shape index (κ1) is 10.5. The summed E-state index contributed by atoms with van der Waals surface area (Å²) in [6.45, 7) is 2.05. The van der Waals surface area contributed by atoms with Crippen LogP contribution in [0, 0.1) is 5.92 Å². The van der Waals surface area contributed by atoms with Gasteiger partial charge in [-0.15, -0.1) is 0 Å². The van der Waals surface area contributed by atoms with Crippen molar-refractivity contribution in [2.75, 3.05) is 0 Å². The van der Waals surface area contributed by atoms with Gasteiger partial charge in [0.05, 0.1) is 5.92 Å². The van der Waals surface area contributed by atoms with E-state index in [1.807, 2.05) is 6.08 Å². The molecular formula is C8H12ClO2-. The van der Waals surface area contributed by atoms with Crippen LogP contribution in [0.15, 0.2) is 11.6 Å². The molecule has 1 rings (SSSR count). The molecule has 0 heterocycles. The highest BCUT2D eigenvalue weighted by atomic mass is 35.5. The molecule has 3 heteroatoms. The molecule has 0 aromatic rings. The Bertz CT molecular complexity index is 175. The average molecular weight is 176 g/mol. The molecule has 11 heavy (non-hydrogen) atoms. The summed E-state index contributed by atoms with van der Waals surface area (Å²) in [5, 5.41) is 8.60. The van der Waals surface area contributed by atoms with Gasteiger partial charge in [0.1, 0.15) is 0 Å². The zero-order valence-corrected chi connectivity index (χ0v) is 7.27. The summed E-state index contributed by atoms with van der Waals surface area (Å²) in [7, 11) is 0. The van der Waals surface area contributed by atoms with E-state index in [-0.39, 0.29) is 18.3 Å². The van der Waals surface area contributed by atoms with Crippen molar-refractivity contribution in [3.63, 3.8) is 0 Å². The lowest BCUT2D eigenvalue weighted by molar-refractivity contribution is -0.141. The Morgan fingerprint density at radius 2 is 2.36 bits per heavy atom. The van der Waals surface area contributed by atoms with Gasteiger partial charge in [0.2, 0.25) is 0 Å². The van der Waals surface area contributed by atoms with E-state index in [1.54, 1.807) is 0 Å². The molecule has 0 bridgehead atoms. The van der Waals surface area contributed by atoms with Crippen molar-refractivity contribution in [2.24, 2.45) is 5.92 Å². The smallest absolute Gasteiger partial charge is 0.306 e. The molecule has 0 radical (unpaired) electrons. The van der Waals surface area contributed by atoms with Crippen LogP contribution in [0.5, 0.6) is 0 Å². The van der Waals surface area contributed by atoms with E-state index in [4.69, 9.17) is 5.11 Å². The second-order valence-corrected chi connectivity index (χ2v) is 2.86. The fraction of sp³-hybridized carbons (Fsp3) is 0.625. The molecule has 1 atom stereocenters. The van der Waals surface area contributed by atoms with Crippen molar-refractivity contribution in [3.8, 4) is 0 Å². The maximum absolute atomic E-state index is 10.4. The third-order valence-electron chi connectivity index (χ3n) is 1.99. The van der Waals surface area contributed by atoms with E-state index in [9.17, 15) is 4.79 Å². The van der Waals surface area contributed by atoms with Gasteiger partial charge in [0, 0.05) is 0 Å². The van der Waals surface area contributed by atoms with E-state index < -0.39 is 5.97 Å². The Labute approximate surface area is 72.7 Å². The van der Waals surface area contributed by atoms with Crippen LogP contribution >= 0.6 is 0 Å². The minimum atomic E-state index is -0.649. The molecule has 1 aliphatic carbocycles. The molecule has 1 unspecified atom stereocenters. The van der Waals surface area contributed by atoms with E-state index in [2.05, 4.69) is 6.92 Å². The van der Waals surface area contributed by atoms with Crippen LogP contribution in [0.1, 0.15) is 26.2 Å². The molecule has 0 amide bonds. The molecule has 1 aliphatic rings. The summed E-state index contributed by atoms with van der Waals surface area (Å²) in [4.78, 5) is 10.4. The summed E-state index contributed by atoms with van der Waals surface area (Å²) < 4.78 is 0. The number of halogens is 1. The Kier molecular flexibility index (Phi) is 4.19. The fourth-order valence-electron chi connectivity index (χ4n) is 1.19. The number of hydrogen-bond acceptors (Lipinski definition) is 1. The van der Waals surface area contributed by atoms with Crippen molar-refractivity contribution in [3.05, 3.63) is 11.6 Å². The van der Waals surface area contributed by atoms with Gasteiger partial charge >= 0.3 is 5.97 Å². The number of allylic oxidation sites excluding steroid dienone is 2. The number of rotatable bonds is 1. The van der Waals surface area contributed by atoms with Gasteiger partial charge in [-0.05, 0) is 26.2 Å². The number of carbonyl (C=O) groups is 1. The highest BCUT2D eigenvalue weighted by Gasteiger charge is 2.18. The maximum Gasteiger partial charge on any atom is 0.306 e. The molecule has 0 fully saturated rings. The van der Waals surface area contributed by atoms with Crippen LogP contribution in [0.2, 0.25) is 0 Å². The molecule has 64 valence electrons. The predicted octanol–water partition coefficient (Wildman–Crippen LogP) is -1.18. The van der Waals surface area contributed by atoms with Crippen molar-refractivity contribution in [2.45, 2.75) is 26.2 Å². The van der Waals surface area contributed by atoms with Crippen LogP contribution in [0.3, 0.4) is 0 Å². The van der Waals surface area contributed by atoms with Gasteiger partial charge in [-0.1, -0.05) is 11.6 Å². The molecule has 0 spiro atoms. The quantitative estimate of drug-likeness (QED) is 0.510. The van der Waals surface area contributed by atoms with Gasteiger partial charge in [-0.3, -0.25) is 4.79 Å². The van der Waals surface area contributed by atoms with Gasteiger partial charge < -0.3 is 17.5 Å². The molecular weight excluding hydrogens is 164 g/mol. The Morgan fingerprint density at radius 1 is 1.73 bits per heavy atom. The highest BCUT2D eigenvalue weighted by molar-refractivity contribution is 5.70. The molecule has 0 saturated heterocycles. The molecule has 0 saturated carbocycles. The lowest BCUT2D eigenvalue weighted by Crippen LogP contribution is -3.00. The van der Waals surface area contributed by atoms with E-state index in [1.165, 1.54) is 5.57 Å². The first-order chi connectivity index (χ1) is 4.70. The molecule has 0 aromatic heterocycles. The Morgan fingerprint density at radius 3 is 2.73 bits per heavy atom. The van der Waals surface area contributed by atoms with E-state index >= 15 is 0 Å². The van der Waals surface area contributed by atoms with Crippen molar-refractivity contribution < 1.29 is 22.3 Å². The lowest BCUT2D eigenvalue weighted by atomic mass is 9.90. The molecule has 0 aliphatic heterocycles. The second kappa shape index (κ2) is 4.39. The van der Waals surface area contributed by atoms with Gasteiger partial charge in [-0.25, -0.2) is 0 Å². The number of carboxylic acids is 1. The SMILES string of the molecule is CC1=CCC(C(=O)O)CC1.[Cl-]. The van der Waals surface area contributed by atoms with Gasteiger partial charge in [0.25, 0.3) is 0 Å². The largest absolute Gasteiger partial charge is 1.00 e. The Balaban J connectivity index is 0.000001000. The number of aliphatic carboxylic acids is 1. The minimum Gasteiger partial charge on any atom is -1.00 e. The van der Waals surface area contributed by atoms with Crippen LogP contribution in [-0.2, 0) is 4.79 Å². The van der Waals surface area contributed by atoms with E-state index in [0.717, 1.165) is 19.3 Å². The van der Waals surface area contributed by atoms with Crippen LogP contribution < -0.4 is 12.4 Å². The summed E-state index contributed by atoms with van der Waals surface area (Å²) in [5.74, 6) is -0.771. The Hall–Kier alpha value is -0.500. The van der Waals surface area contributed by atoms with Crippen molar-refractivity contribution in [1.29, 1.82) is 0 Å². The average Bonchev–Trinajstić information content (AvgIpc) is 1.88. The monoisotopic (exact) mass is 175 g/mol. The summed E-state index contributed by atoms with van der Waals surface area (Å²) in [5.41, 5.74) is 1.33. The van der Waals surface area contributed by atoms with Crippen LogP contribution in [0.4, 0.5) is 0 Å². The van der Waals surface area contributed by atoms with Gasteiger partial charge in [-0.2, -0.15) is 0 Å². The number of carboxylic acid groups (broad SMARTS) is 1. The maximum atomic E-state index is 10.4. The second-order valence-electron chi connectivity index (χ2n) is 2.86. The summed E-state index contributed by atoms with van der Waals surface area (Å²) >= 11 is 0. The fourth-order valence-corrected chi connectivity index (χ4v) is 1.19. The lowest BCUT2D eigenvalue weighted by Gasteiger charge is -2.15. The third-order valence-corrected chi connectivity index (χ3v) is 1.99. The van der Waals surface area contributed by atoms with Crippen molar-refractivity contribution in [1.82, 2.24) is 0 Å². The number of hydrogen-bond donors (Lipinski definition) is 1. The minimum absolute atomic E-state index is 0. The first-order valence-electron chi connectivity index (χ1n) is 3.58. The van der Waals surface area contributed by atoms with E-state index in [0.29, 0.717) is 0 Å². The zero-order valence-electron chi connectivity index (χ0n) is 6.51. The molecule has 2 nitrogen and oxygen atoms in total. The van der Waals surface area contributed by atoms with Crippen LogP contribution in [-0.4, -0.2) is 11.1 Å². The van der Waals surface area contributed by atoms with Gasteiger partial charge in [0.15, 0.2) is 0 Å². The van der Waals surface area contributed by atoms with Crippen LogP contribution in [0.25, 0.3) is 0 Å². The standard InChI is InChI=1S/C8H12O2.ClH/c1-6-2-4-7(5-3-6)8(9)10;/h2,7H,3-5H2,1H3,(H,9,10);1H/p-1. The zero-order chi connectivity index (χ0) is 7.56. The van der Waals surface area contributed by atoms with Crippen molar-refractivity contribution >= 4 is 5.97 Å². The third kappa shape index (κ3) is 2.93. The molecule has 0 aromatic carbocycles. The normalized spacial score (nSPS) is 23.4. The first-order valence-corrected chi connectivity index (χ1v) is 3.58. The predicted molar refractivity (Wildman–Crippen MR) is 38.7 cm³/mol. The molecule has 1 N–H and O–H groups in total. The topological polar surface area (TPSA) is 37.3 Å². The highest BCUT2D eigenvalue weighted by Crippen LogP contribution is 2.22.